The summed E-state index contributed by atoms with van der Waals surface area (Å²) in [6, 6.07) is -1.04. The number of carboxylic acid groups (broad SMARTS) is 1. The molecule has 2 N–H and O–H groups in total. The molecule has 1 aliphatic rings. The van der Waals surface area contributed by atoms with Crippen LogP contribution in [0.15, 0.2) is 0 Å². The van der Waals surface area contributed by atoms with E-state index in [1.165, 1.54) is 6.92 Å². The Hall–Kier alpha value is -0.710. The van der Waals surface area contributed by atoms with E-state index in [1.54, 1.807) is 0 Å². The van der Waals surface area contributed by atoms with Crippen molar-refractivity contribution in [1.82, 2.24) is 9.03 Å². The van der Waals surface area contributed by atoms with Crippen LogP contribution in [0.1, 0.15) is 26.2 Å². The molecule has 1 saturated heterocycles. The maximum absolute atomic E-state index is 12.1. The third-order valence-electron chi connectivity index (χ3n) is 3.16. The van der Waals surface area contributed by atoms with Crippen LogP contribution in [0.25, 0.3) is 0 Å². The van der Waals surface area contributed by atoms with Crippen molar-refractivity contribution in [2.75, 3.05) is 24.6 Å². The van der Waals surface area contributed by atoms with Crippen molar-refractivity contribution in [3.63, 3.8) is 0 Å². The molecule has 1 aliphatic heterocycles. The molecule has 0 bridgehead atoms. The van der Waals surface area contributed by atoms with Crippen molar-refractivity contribution >= 4 is 26.0 Å². The molecule has 8 nitrogen and oxygen atoms in total. The zero-order chi connectivity index (χ0) is 15.4. The van der Waals surface area contributed by atoms with Crippen LogP contribution in [0.4, 0.5) is 0 Å². The molecule has 20 heavy (non-hydrogen) atoms. The summed E-state index contributed by atoms with van der Waals surface area (Å²) >= 11 is 0. The molecule has 0 aromatic heterocycles. The van der Waals surface area contributed by atoms with Crippen LogP contribution in [0, 0.1) is 0 Å². The van der Waals surface area contributed by atoms with E-state index < -0.39 is 37.8 Å². The lowest BCUT2D eigenvalue weighted by molar-refractivity contribution is -0.142. The second-order valence-electron chi connectivity index (χ2n) is 4.57. The minimum atomic E-state index is -3.78. The summed E-state index contributed by atoms with van der Waals surface area (Å²) in [7, 11) is -7.23. The summed E-state index contributed by atoms with van der Waals surface area (Å²) in [5.74, 6) is -1.73. The van der Waals surface area contributed by atoms with Gasteiger partial charge in [-0.15, -0.1) is 0 Å². The van der Waals surface area contributed by atoms with Gasteiger partial charge in [-0.1, -0.05) is 0 Å². The number of hydrogen-bond acceptors (Lipinski definition) is 5. The Morgan fingerprint density at radius 3 is 2.50 bits per heavy atom. The van der Waals surface area contributed by atoms with Gasteiger partial charge in [0.2, 0.25) is 20.0 Å². The minimum absolute atomic E-state index is 0.130. The van der Waals surface area contributed by atoms with Crippen molar-refractivity contribution < 1.29 is 26.7 Å². The number of nitrogens with one attached hydrogen (secondary N) is 1. The predicted molar refractivity (Wildman–Crippen MR) is 73.2 cm³/mol. The number of carboxylic acids is 1. The predicted octanol–water partition coefficient (Wildman–Crippen LogP) is -0.805. The fourth-order valence-electron chi connectivity index (χ4n) is 2.03. The maximum atomic E-state index is 12.1. The number of sulfonamides is 2. The topological polar surface area (TPSA) is 121 Å². The summed E-state index contributed by atoms with van der Waals surface area (Å²) in [6.45, 7) is 1.36. The third kappa shape index (κ3) is 4.69. The Bertz CT molecular complexity index is 542. The van der Waals surface area contributed by atoms with Crippen LogP contribution in [0.2, 0.25) is 0 Å². The molecule has 0 spiro atoms. The summed E-state index contributed by atoms with van der Waals surface area (Å²) in [6.07, 6.45) is 1.57. The smallest absolute Gasteiger partial charge is 0.322 e. The van der Waals surface area contributed by atoms with E-state index in [9.17, 15) is 21.6 Å². The van der Waals surface area contributed by atoms with E-state index in [1.807, 2.05) is 0 Å². The molecule has 0 saturated carbocycles. The van der Waals surface area contributed by atoms with Gasteiger partial charge in [0.1, 0.15) is 6.04 Å². The molecule has 0 aliphatic carbocycles. The molecule has 1 atom stereocenters. The average molecular weight is 328 g/mol. The van der Waals surface area contributed by atoms with E-state index in [-0.39, 0.29) is 25.3 Å². The minimum Gasteiger partial charge on any atom is -0.480 e. The fraction of sp³-hybridized carbons (Fsp3) is 0.900. The van der Waals surface area contributed by atoms with E-state index in [0.29, 0.717) is 12.8 Å². The second-order valence-corrected chi connectivity index (χ2v) is 8.71. The van der Waals surface area contributed by atoms with E-state index >= 15 is 0 Å². The molecule has 1 rings (SSSR count). The lowest BCUT2D eigenvalue weighted by Crippen LogP contribution is -2.49. The third-order valence-corrected chi connectivity index (χ3v) is 6.43. The Balaban J connectivity index is 2.69. The zero-order valence-corrected chi connectivity index (χ0v) is 12.9. The van der Waals surface area contributed by atoms with Crippen molar-refractivity contribution in [3.8, 4) is 0 Å². The highest BCUT2D eigenvalue weighted by atomic mass is 32.2. The number of rotatable bonds is 7. The molecule has 0 radical (unpaired) electrons. The number of carbonyl (C=O) groups is 1. The Morgan fingerprint density at radius 2 is 1.95 bits per heavy atom. The fourth-order valence-corrected chi connectivity index (χ4v) is 4.36. The average Bonchev–Trinajstić information content (AvgIpc) is 2.38. The zero-order valence-electron chi connectivity index (χ0n) is 11.3. The molecule has 1 unspecified atom stereocenters. The molecule has 1 heterocycles. The number of aliphatic carboxylic acids is 1. The highest BCUT2D eigenvalue weighted by molar-refractivity contribution is 7.90. The summed E-state index contributed by atoms with van der Waals surface area (Å²) in [5, 5.41) is 9.05. The maximum Gasteiger partial charge on any atom is 0.322 e. The number of nitrogens with zero attached hydrogens (tertiary/aromatic N) is 1. The molecule has 0 amide bonds. The van der Waals surface area contributed by atoms with Crippen molar-refractivity contribution in [2.24, 2.45) is 0 Å². The largest absolute Gasteiger partial charge is 0.480 e. The van der Waals surface area contributed by atoms with Gasteiger partial charge in [0.05, 0.1) is 11.5 Å². The monoisotopic (exact) mass is 328 g/mol. The lowest BCUT2D eigenvalue weighted by Gasteiger charge is -2.31. The van der Waals surface area contributed by atoms with Crippen molar-refractivity contribution in [1.29, 1.82) is 0 Å². The molecule has 118 valence electrons. The Morgan fingerprint density at radius 1 is 1.30 bits per heavy atom. The highest BCUT2D eigenvalue weighted by Gasteiger charge is 2.36. The van der Waals surface area contributed by atoms with Gasteiger partial charge in [-0.2, -0.15) is 4.31 Å². The molecule has 10 heteroatoms. The van der Waals surface area contributed by atoms with Gasteiger partial charge < -0.3 is 5.11 Å². The SMILES string of the molecule is CCS(=O)(=O)NCCS(=O)(=O)N1CCCCC1C(=O)O. The summed E-state index contributed by atoms with van der Waals surface area (Å²) in [4.78, 5) is 11.1. The van der Waals surface area contributed by atoms with Gasteiger partial charge in [0, 0.05) is 13.1 Å². The van der Waals surface area contributed by atoms with E-state index in [2.05, 4.69) is 4.72 Å². The van der Waals surface area contributed by atoms with Crippen LogP contribution in [0.3, 0.4) is 0 Å². The van der Waals surface area contributed by atoms with Gasteiger partial charge in [-0.3, -0.25) is 4.79 Å². The van der Waals surface area contributed by atoms with Crippen molar-refractivity contribution in [3.05, 3.63) is 0 Å². The second kappa shape index (κ2) is 6.83. The van der Waals surface area contributed by atoms with Crippen LogP contribution in [-0.4, -0.2) is 62.9 Å². The molecule has 0 aromatic carbocycles. The molecule has 0 aromatic rings. The quantitative estimate of drug-likeness (QED) is 0.631. The van der Waals surface area contributed by atoms with Crippen LogP contribution >= 0.6 is 0 Å². The van der Waals surface area contributed by atoms with Crippen LogP contribution in [-0.2, 0) is 24.8 Å². The molecule has 1 fully saturated rings. The van der Waals surface area contributed by atoms with Gasteiger partial charge in [0.25, 0.3) is 0 Å². The van der Waals surface area contributed by atoms with Gasteiger partial charge in [0.15, 0.2) is 0 Å². The van der Waals surface area contributed by atoms with Gasteiger partial charge in [-0.05, 0) is 26.2 Å². The number of piperidine rings is 1. The van der Waals surface area contributed by atoms with E-state index in [4.69, 9.17) is 5.11 Å². The van der Waals surface area contributed by atoms with Crippen LogP contribution < -0.4 is 4.72 Å². The standard InChI is InChI=1S/C10H20N2O6S2/c1-2-19(15,16)11-6-8-20(17,18)12-7-4-3-5-9(12)10(13)14/h9,11H,2-8H2,1H3,(H,13,14). The van der Waals surface area contributed by atoms with E-state index in [0.717, 1.165) is 4.31 Å². The van der Waals surface area contributed by atoms with Gasteiger partial charge in [-0.25, -0.2) is 21.6 Å². The van der Waals surface area contributed by atoms with Crippen LogP contribution in [0.5, 0.6) is 0 Å². The first kappa shape index (κ1) is 17.3. The first-order valence-corrected chi connectivity index (χ1v) is 9.65. The Labute approximate surface area is 119 Å². The first-order chi connectivity index (χ1) is 9.19. The highest BCUT2D eigenvalue weighted by Crippen LogP contribution is 2.20. The normalized spacial score (nSPS) is 21.8. The Kier molecular flexibility index (Phi) is 5.92. The van der Waals surface area contributed by atoms with Crippen molar-refractivity contribution in [2.45, 2.75) is 32.2 Å². The summed E-state index contributed by atoms with van der Waals surface area (Å²) < 4.78 is 49.8. The molecular formula is C10H20N2O6S2. The lowest BCUT2D eigenvalue weighted by atomic mass is 10.1. The van der Waals surface area contributed by atoms with Gasteiger partial charge >= 0.3 is 5.97 Å². The first-order valence-electron chi connectivity index (χ1n) is 6.39. The molecular weight excluding hydrogens is 308 g/mol. The number of hydrogen-bond donors (Lipinski definition) is 2. The summed E-state index contributed by atoms with van der Waals surface area (Å²) in [5.41, 5.74) is 0.